The van der Waals surface area contributed by atoms with E-state index < -0.39 is 11.6 Å². The minimum Gasteiger partial charge on any atom is -0.393 e. The minimum absolute atomic E-state index is 0.0265. The molecular formula is C25H31F2N7O2. The van der Waals surface area contributed by atoms with Crippen LogP contribution in [0.2, 0.25) is 0 Å². The fraction of sp³-hybridized carbons (Fsp3) is 0.520. The predicted octanol–water partition coefficient (Wildman–Crippen LogP) is 4.18. The third kappa shape index (κ3) is 5.40. The highest BCUT2D eigenvalue weighted by molar-refractivity contribution is 5.77. The number of imidazole rings is 1. The van der Waals surface area contributed by atoms with Crippen molar-refractivity contribution in [1.29, 1.82) is 0 Å². The fourth-order valence-electron chi connectivity index (χ4n) is 5.27. The van der Waals surface area contributed by atoms with E-state index >= 15 is 0 Å². The summed E-state index contributed by atoms with van der Waals surface area (Å²) in [5, 5.41) is 19.2. The molecule has 192 valence electrons. The molecule has 36 heavy (non-hydrogen) atoms. The van der Waals surface area contributed by atoms with E-state index in [1.165, 1.54) is 19.1 Å². The summed E-state index contributed by atoms with van der Waals surface area (Å²) in [5.74, 6) is -0.517. The van der Waals surface area contributed by atoms with E-state index in [2.05, 4.69) is 25.9 Å². The second kappa shape index (κ2) is 10.3. The summed E-state index contributed by atoms with van der Waals surface area (Å²) >= 11 is 0. The molecular weight excluding hydrogens is 468 g/mol. The Morgan fingerprint density at radius 1 is 1.03 bits per heavy atom. The minimum atomic E-state index is -0.712. The maximum atomic E-state index is 14.5. The standard InChI is InChI=1S/C25H31F2N7O2/c1-14(35)29-16-3-7-18(8-4-16)34-23-22(32-25(34)31-21-11-2-15(26)12-20(21)27)13-28-24(33-23)30-17-5-9-19(36)10-6-17/h2,11-13,16-19,36H,3-10H2,1H3,(H,29,35)(H,31,32)(H,28,30,33). The van der Waals surface area contributed by atoms with E-state index in [4.69, 9.17) is 4.98 Å². The summed E-state index contributed by atoms with van der Waals surface area (Å²) in [7, 11) is 0. The average molecular weight is 500 g/mol. The third-order valence-electron chi connectivity index (χ3n) is 7.11. The number of nitrogens with zero attached hydrogens (tertiary/aromatic N) is 4. The van der Waals surface area contributed by atoms with E-state index in [1.807, 2.05) is 4.57 Å². The normalized spacial score (nSPS) is 24.4. The maximum absolute atomic E-state index is 14.5. The van der Waals surface area contributed by atoms with Crippen molar-refractivity contribution < 1.29 is 18.7 Å². The number of aliphatic hydroxyl groups excluding tert-OH is 1. The zero-order chi connectivity index (χ0) is 25.2. The second-order valence-corrected chi connectivity index (χ2v) is 9.81. The molecule has 2 fully saturated rings. The highest BCUT2D eigenvalue weighted by Crippen LogP contribution is 2.35. The van der Waals surface area contributed by atoms with Gasteiger partial charge in [0.05, 0.1) is 18.0 Å². The van der Waals surface area contributed by atoms with Gasteiger partial charge in [-0.2, -0.15) is 4.98 Å². The number of aromatic nitrogens is 4. The molecule has 4 N–H and O–H groups in total. The van der Waals surface area contributed by atoms with Crippen LogP contribution in [-0.2, 0) is 4.79 Å². The van der Waals surface area contributed by atoms with E-state index in [-0.39, 0.29) is 35.8 Å². The quantitative estimate of drug-likeness (QED) is 0.402. The molecule has 1 aromatic carbocycles. The Balaban J connectivity index is 1.46. The molecule has 0 saturated heterocycles. The Morgan fingerprint density at radius 3 is 2.44 bits per heavy atom. The smallest absolute Gasteiger partial charge is 0.224 e. The van der Waals surface area contributed by atoms with E-state index in [0.717, 1.165) is 57.4 Å². The fourth-order valence-corrected chi connectivity index (χ4v) is 5.27. The number of fused-ring (bicyclic) bond motifs is 1. The molecule has 2 aliphatic carbocycles. The highest BCUT2D eigenvalue weighted by atomic mass is 19.1. The first-order valence-corrected chi connectivity index (χ1v) is 12.5. The molecule has 0 spiro atoms. The molecule has 11 heteroatoms. The van der Waals surface area contributed by atoms with Crippen molar-refractivity contribution in [2.24, 2.45) is 0 Å². The third-order valence-corrected chi connectivity index (χ3v) is 7.11. The second-order valence-electron chi connectivity index (χ2n) is 9.81. The lowest BCUT2D eigenvalue weighted by atomic mass is 9.91. The van der Waals surface area contributed by atoms with Gasteiger partial charge in [0.2, 0.25) is 17.8 Å². The number of benzene rings is 1. The Kier molecular flexibility index (Phi) is 6.99. The molecule has 0 bridgehead atoms. The van der Waals surface area contributed by atoms with Gasteiger partial charge in [-0.3, -0.25) is 9.36 Å². The van der Waals surface area contributed by atoms with Crippen molar-refractivity contribution in [2.45, 2.75) is 82.5 Å². The number of carbonyl (C=O) groups excluding carboxylic acids is 1. The zero-order valence-corrected chi connectivity index (χ0v) is 20.2. The van der Waals surface area contributed by atoms with Crippen LogP contribution in [0.15, 0.2) is 24.4 Å². The summed E-state index contributed by atoms with van der Waals surface area (Å²) in [6, 6.07) is 3.70. The van der Waals surface area contributed by atoms with Crippen LogP contribution < -0.4 is 16.0 Å². The number of carbonyl (C=O) groups is 1. The monoisotopic (exact) mass is 499 g/mol. The lowest BCUT2D eigenvalue weighted by Crippen LogP contribution is -2.36. The Labute approximate surface area is 207 Å². The molecule has 2 saturated carbocycles. The molecule has 0 atom stereocenters. The first-order chi connectivity index (χ1) is 17.4. The molecule has 0 radical (unpaired) electrons. The van der Waals surface area contributed by atoms with Crippen LogP contribution in [0.3, 0.4) is 0 Å². The van der Waals surface area contributed by atoms with Crippen LogP contribution >= 0.6 is 0 Å². The van der Waals surface area contributed by atoms with Crippen molar-refractivity contribution >= 4 is 34.7 Å². The van der Waals surface area contributed by atoms with Crippen molar-refractivity contribution in [2.75, 3.05) is 10.6 Å². The molecule has 3 aromatic rings. The summed E-state index contributed by atoms with van der Waals surface area (Å²) < 4.78 is 29.9. The topological polar surface area (TPSA) is 117 Å². The number of nitrogens with one attached hydrogen (secondary N) is 3. The summed E-state index contributed by atoms with van der Waals surface area (Å²) in [6.07, 6.45) is 7.73. The van der Waals surface area contributed by atoms with Gasteiger partial charge in [0, 0.05) is 31.1 Å². The van der Waals surface area contributed by atoms with Crippen LogP contribution in [0.25, 0.3) is 11.2 Å². The molecule has 9 nitrogen and oxygen atoms in total. The van der Waals surface area contributed by atoms with Gasteiger partial charge in [-0.25, -0.2) is 18.7 Å². The van der Waals surface area contributed by atoms with Gasteiger partial charge in [-0.05, 0) is 63.5 Å². The Morgan fingerprint density at radius 2 is 1.75 bits per heavy atom. The first kappa shape index (κ1) is 24.4. The summed E-state index contributed by atoms with van der Waals surface area (Å²) in [5.41, 5.74) is 1.30. The van der Waals surface area contributed by atoms with E-state index in [1.54, 1.807) is 6.20 Å². The van der Waals surface area contributed by atoms with Gasteiger partial charge >= 0.3 is 0 Å². The summed E-state index contributed by atoms with van der Waals surface area (Å²) in [6.45, 7) is 1.52. The molecule has 2 heterocycles. The van der Waals surface area contributed by atoms with Crippen LogP contribution in [0.1, 0.15) is 64.3 Å². The number of amides is 1. The van der Waals surface area contributed by atoms with Gasteiger partial charge in [0.25, 0.3) is 0 Å². The molecule has 2 aliphatic rings. The van der Waals surface area contributed by atoms with Gasteiger partial charge in [-0.1, -0.05) is 0 Å². The predicted molar refractivity (Wildman–Crippen MR) is 132 cm³/mol. The number of rotatable bonds is 6. The van der Waals surface area contributed by atoms with Crippen LogP contribution in [0, 0.1) is 11.6 Å². The molecule has 0 unspecified atom stereocenters. The average Bonchev–Trinajstić information content (AvgIpc) is 3.20. The number of halogens is 2. The lowest BCUT2D eigenvalue weighted by molar-refractivity contribution is -0.119. The zero-order valence-electron chi connectivity index (χ0n) is 20.2. The number of hydrogen-bond acceptors (Lipinski definition) is 7. The molecule has 5 rings (SSSR count). The largest absolute Gasteiger partial charge is 0.393 e. The molecule has 0 aliphatic heterocycles. The van der Waals surface area contributed by atoms with Crippen molar-refractivity contribution in [3.63, 3.8) is 0 Å². The number of hydrogen-bond donors (Lipinski definition) is 4. The Bertz CT molecular complexity index is 1230. The number of aliphatic hydroxyl groups is 1. The lowest BCUT2D eigenvalue weighted by Gasteiger charge is -2.30. The van der Waals surface area contributed by atoms with E-state index in [9.17, 15) is 18.7 Å². The molecule has 2 aromatic heterocycles. The van der Waals surface area contributed by atoms with Crippen molar-refractivity contribution in [3.05, 3.63) is 36.0 Å². The van der Waals surface area contributed by atoms with Crippen LogP contribution in [0.4, 0.5) is 26.4 Å². The SMILES string of the molecule is CC(=O)NC1CCC(n2c(Nc3ccc(F)cc3F)nc3cnc(NC4CCC(O)CC4)nc32)CC1. The Hall–Kier alpha value is -3.34. The van der Waals surface area contributed by atoms with Gasteiger partial charge < -0.3 is 21.1 Å². The maximum Gasteiger partial charge on any atom is 0.224 e. The van der Waals surface area contributed by atoms with E-state index in [0.29, 0.717) is 23.1 Å². The number of anilines is 3. The highest BCUT2D eigenvalue weighted by Gasteiger charge is 2.28. The molecule has 1 amide bonds. The van der Waals surface area contributed by atoms with Gasteiger partial charge in [0.1, 0.15) is 17.2 Å². The van der Waals surface area contributed by atoms with Gasteiger partial charge in [0.15, 0.2) is 5.65 Å². The van der Waals surface area contributed by atoms with Crippen molar-refractivity contribution in [3.8, 4) is 0 Å². The summed E-state index contributed by atoms with van der Waals surface area (Å²) in [4.78, 5) is 25.4. The first-order valence-electron chi connectivity index (χ1n) is 12.5. The van der Waals surface area contributed by atoms with Crippen molar-refractivity contribution in [1.82, 2.24) is 24.8 Å². The van der Waals surface area contributed by atoms with Crippen LogP contribution in [-0.4, -0.2) is 48.7 Å². The van der Waals surface area contributed by atoms with Gasteiger partial charge in [-0.15, -0.1) is 0 Å². The van der Waals surface area contributed by atoms with Crippen LogP contribution in [0.5, 0.6) is 0 Å².